The topological polar surface area (TPSA) is 68.0 Å². The summed E-state index contributed by atoms with van der Waals surface area (Å²) in [6, 6.07) is 6.92. The van der Waals surface area contributed by atoms with Gasteiger partial charge in [-0.1, -0.05) is 0 Å². The van der Waals surface area contributed by atoms with Crippen LogP contribution in [0.15, 0.2) is 24.3 Å². The van der Waals surface area contributed by atoms with Crippen LogP contribution in [0, 0.1) is 0 Å². The molecule has 2 rings (SSSR count). The number of hydrogen-bond donors (Lipinski definition) is 2. The maximum absolute atomic E-state index is 9.24. The lowest BCUT2D eigenvalue weighted by Gasteiger charge is -2.02. The number of nitrogen functional groups attached to an aromatic ring is 1. The van der Waals surface area contributed by atoms with Gasteiger partial charge in [0, 0.05) is 5.69 Å². The maximum Gasteiger partial charge on any atom is 0.256 e. The van der Waals surface area contributed by atoms with E-state index in [9.17, 15) is 5.11 Å². The Labute approximate surface area is 75.9 Å². The van der Waals surface area contributed by atoms with Crippen molar-refractivity contribution < 1.29 is 14.6 Å². The minimum atomic E-state index is -1.14. The van der Waals surface area contributed by atoms with Crippen molar-refractivity contribution in [2.24, 2.45) is 0 Å². The van der Waals surface area contributed by atoms with Gasteiger partial charge < -0.3 is 15.6 Å². The molecule has 1 aliphatic rings. The van der Waals surface area contributed by atoms with E-state index in [-0.39, 0.29) is 0 Å². The monoisotopic (exact) mass is 181 g/mol. The van der Waals surface area contributed by atoms with Crippen LogP contribution in [0.4, 0.5) is 5.69 Å². The van der Waals surface area contributed by atoms with Crippen molar-refractivity contribution in [2.45, 2.75) is 19.0 Å². The third-order valence-electron chi connectivity index (χ3n) is 1.85. The molecule has 0 bridgehead atoms. The van der Waals surface area contributed by atoms with E-state index in [0.29, 0.717) is 11.4 Å². The zero-order valence-corrected chi connectivity index (χ0v) is 7.23. The SMILES string of the molecule is CC1(O)OC1Oc1ccc(N)cc1. The van der Waals surface area contributed by atoms with E-state index >= 15 is 0 Å². The molecule has 3 N–H and O–H groups in total. The van der Waals surface area contributed by atoms with Gasteiger partial charge in [0.05, 0.1) is 0 Å². The van der Waals surface area contributed by atoms with E-state index in [1.807, 2.05) is 0 Å². The quantitative estimate of drug-likeness (QED) is 0.521. The molecule has 4 nitrogen and oxygen atoms in total. The van der Waals surface area contributed by atoms with E-state index in [4.69, 9.17) is 15.2 Å². The smallest absolute Gasteiger partial charge is 0.256 e. The summed E-state index contributed by atoms with van der Waals surface area (Å²) in [5.41, 5.74) is 6.17. The molecular weight excluding hydrogens is 170 g/mol. The van der Waals surface area contributed by atoms with Crippen molar-refractivity contribution >= 4 is 5.69 Å². The van der Waals surface area contributed by atoms with Crippen molar-refractivity contribution in [1.82, 2.24) is 0 Å². The van der Waals surface area contributed by atoms with Crippen molar-refractivity contribution in [3.05, 3.63) is 24.3 Å². The Morgan fingerprint density at radius 2 is 2.00 bits per heavy atom. The first-order valence-corrected chi connectivity index (χ1v) is 4.00. The Morgan fingerprint density at radius 3 is 2.46 bits per heavy atom. The van der Waals surface area contributed by atoms with Crippen LogP contribution < -0.4 is 10.5 Å². The molecule has 1 fully saturated rings. The average Bonchev–Trinajstić information content (AvgIpc) is 2.64. The van der Waals surface area contributed by atoms with Crippen molar-refractivity contribution in [3.63, 3.8) is 0 Å². The molecule has 2 atom stereocenters. The van der Waals surface area contributed by atoms with E-state index in [1.165, 1.54) is 0 Å². The highest BCUT2D eigenvalue weighted by Gasteiger charge is 2.54. The minimum absolute atomic E-state index is 0.559. The number of anilines is 1. The molecule has 1 heterocycles. The molecule has 70 valence electrons. The highest BCUT2D eigenvalue weighted by molar-refractivity contribution is 5.41. The molecule has 0 saturated carbocycles. The molecule has 0 aromatic heterocycles. The number of benzene rings is 1. The zero-order chi connectivity index (χ0) is 9.47. The van der Waals surface area contributed by atoms with Crippen LogP contribution in [0.5, 0.6) is 5.75 Å². The molecule has 0 amide bonds. The number of epoxide rings is 1. The van der Waals surface area contributed by atoms with Crippen LogP contribution in [0.25, 0.3) is 0 Å². The highest BCUT2D eigenvalue weighted by Crippen LogP contribution is 2.34. The third-order valence-corrected chi connectivity index (χ3v) is 1.85. The Hall–Kier alpha value is -1.26. The summed E-state index contributed by atoms with van der Waals surface area (Å²) in [5.74, 6) is -0.501. The predicted molar refractivity (Wildman–Crippen MR) is 47.0 cm³/mol. The van der Waals surface area contributed by atoms with Gasteiger partial charge in [-0.2, -0.15) is 0 Å². The lowest BCUT2D eigenvalue weighted by atomic mass is 10.3. The molecule has 13 heavy (non-hydrogen) atoms. The van der Waals surface area contributed by atoms with Gasteiger partial charge >= 0.3 is 0 Å². The first-order chi connectivity index (χ1) is 6.08. The van der Waals surface area contributed by atoms with Crippen LogP contribution in [0.2, 0.25) is 0 Å². The summed E-state index contributed by atoms with van der Waals surface area (Å²) in [4.78, 5) is 0. The summed E-state index contributed by atoms with van der Waals surface area (Å²) in [6.45, 7) is 1.55. The maximum atomic E-state index is 9.24. The molecule has 4 heteroatoms. The van der Waals surface area contributed by atoms with Gasteiger partial charge in [0.15, 0.2) is 0 Å². The van der Waals surface area contributed by atoms with E-state index in [0.717, 1.165) is 0 Å². The van der Waals surface area contributed by atoms with Crippen LogP contribution >= 0.6 is 0 Å². The predicted octanol–water partition coefficient (Wildman–Crippen LogP) is 0.712. The Balaban J connectivity index is 2.00. The van der Waals surface area contributed by atoms with Crippen LogP contribution in [-0.2, 0) is 4.74 Å². The lowest BCUT2D eigenvalue weighted by molar-refractivity contribution is 0.0546. The largest absolute Gasteiger partial charge is 0.459 e. The molecule has 1 aliphatic heterocycles. The number of rotatable bonds is 2. The molecule has 1 aromatic rings. The lowest BCUT2D eigenvalue weighted by Crippen LogP contribution is -2.12. The molecule has 2 unspecified atom stereocenters. The zero-order valence-electron chi connectivity index (χ0n) is 7.23. The molecular formula is C9H11NO3. The molecule has 0 radical (unpaired) electrons. The van der Waals surface area contributed by atoms with Gasteiger partial charge in [0.2, 0.25) is 5.79 Å². The van der Waals surface area contributed by atoms with Gasteiger partial charge in [0.1, 0.15) is 5.75 Å². The van der Waals surface area contributed by atoms with Crippen molar-refractivity contribution in [1.29, 1.82) is 0 Å². The molecule has 0 spiro atoms. The second-order valence-electron chi connectivity index (χ2n) is 3.19. The van der Waals surface area contributed by atoms with Gasteiger partial charge in [-0.15, -0.1) is 0 Å². The fourth-order valence-electron chi connectivity index (χ4n) is 0.986. The van der Waals surface area contributed by atoms with Gasteiger partial charge in [-0.25, -0.2) is 0 Å². The van der Waals surface area contributed by atoms with Crippen LogP contribution in [-0.4, -0.2) is 17.2 Å². The summed E-state index contributed by atoms with van der Waals surface area (Å²) in [7, 11) is 0. The number of aliphatic hydroxyl groups is 1. The Bertz CT molecular complexity index is 307. The fraction of sp³-hybridized carbons (Fsp3) is 0.333. The second kappa shape index (κ2) is 2.61. The van der Waals surface area contributed by atoms with E-state index < -0.39 is 12.1 Å². The number of nitrogens with two attached hydrogens (primary N) is 1. The van der Waals surface area contributed by atoms with Crippen molar-refractivity contribution in [2.75, 3.05) is 5.73 Å². The second-order valence-corrected chi connectivity index (χ2v) is 3.19. The first kappa shape index (κ1) is 8.34. The first-order valence-electron chi connectivity index (χ1n) is 4.00. The average molecular weight is 181 g/mol. The number of hydrogen-bond acceptors (Lipinski definition) is 4. The normalized spacial score (nSPS) is 31.4. The standard InChI is InChI=1S/C9H11NO3/c1-9(11)8(13-9)12-7-4-2-6(10)3-5-7/h2-5,8,11H,10H2,1H3. The Morgan fingerprint density at radius 1 is 1.46 bits per heavy atom. The van der Waals surface area contributed by atoms with Gasteiger partial charge in [0.25, 0.3) is 6.29 Å². The molecule has 0 aliphatic carbocycles. The summed E-state index contributed by atoms with van der Waals surface area (Å²) in [6.07, 6.45) is -0.559. The summed E-state index contributed by atoms with van der Waals surface area (Å²) >= 11 is 0. The third kappa shape index (κ3) is 1.74. The summed E-state index contributed by atoms with van der Waals surface area (Å²) in [5, 5.41) is 9.24. The Kier molecular flexibility index (Phi) is 1.68. The molecule has 1 aromatic carbocycles. The van der Waals surface area contributed by atoms with E-state index in [1.54, 1.807) is 31.2 Å². The number of ether oxygens (including phenoxy) is 2. The van der Waals surface area contributed by atoms with Gasteiger partial charge in [-0.3, -0.25) is 4.74 Å². The van der Waals surface area contributed by atoms with Crippen molar-refractivity contribution in [3.8, 4) is 5.75 Å². The summed E-state index contributed by atoms with van der Waals surface area (Å²) < 4.78 is 10.1. The molecule has 1 saturated heterocycles. The van der Waals surface area contributed by atoms with Crippen LogP contribution in [0.3, 0.4) is 0 Å². The van der Waals surface area contributed by atoms with E-state index in [2.05, 4.69) is 0 Å². The van der Waals surface area contributed by atoms with Crippen LogP contribution in [0.1, 0.15) is 6.92 Å². The van der Waals surface area contributed by atoms with Gasteiger partial charge in [-0.05, 0) is 31.2 Å². The fourth-order valence-corrected chi connectivity index (χ4v) is 0.986. The highest BCUT2D eigenvalue weighted by atomic mass is 16.9. The minimum Gasteiger partial charge on any atom is -0.459 e.